The molecular formula is C27H27NO6S. The van der Waals surface area contributed by atoms with Crippen molar-refractivity contribution >= 4 is 23.6 Å². The summed E-state index contributed by atoms with van der Waals surface area (Å²) in [5, 5.41) is 9.34. The molecule has 4 rings (SSSR count). The first-order chi connectivity index (χ1) is 17.0. The number of carbonyl (C=O) groups excluding carboxylic acids is 1. The highest BCUT2D eigenvalue weighted by Gasteiger charge is 2.42. The van der Waals surface area contributed by atoms with Crippen molar-refractivity contribution in [3.8, 4) is 17.2 Å². The van der Waals surface area contributed by atoms with Crippen LogP contribution in [-0.4, -0.2) is 47.9 Å². The number of hydrogen-bond donors (Lipinski definition) is 1. The average molecular weight is 494 g/mol. The highest BCUT2D eigenvalue weighted by molar-refractivity contribution is 7.99. The SMILES string of the molecule is COc1ccc(CC(=O)N2C(C(=O)O)CSC2c2ccc(OCc3ccccc3)c(OC)c2)cc1. The average Bonchev–Trinajstić information content (AvgIpc) is 3.34. The van der Waals surface area contributed by atoms with Gasteiger partial charge in [0.2, 0.25) is 5.91 Å². The number of aliphatic carboxylic acids is 1. The number of amides is 1. The Balaban J connectivity index is 1.55. The third kappa shape index (κ3) is 5.71. The first kappa shape index (κ1) is 24.5. The number of thioether (sulfide) groups is 1. The minimum absolute atomic E-state index is 0.0975. The van der Waals surface area contributed by atoms with Gasteiger partial charge in [0.25, 0.3) is 0 Å². The van der Waals surface area contributed by atoms with E-state index >= 15 is 0 Å². The van der Waals surface area contributed by atoms with E-state index in [9.17, 15) is 14.7 Å². The van der Waals surface area contributed by atoms with E-state index in [1.54, 1.807) is 32.4 Å². The fourth-order valence-corrected chi connectivity index (χ4v) is 5.39. The number of carboxylic acids is 1. The van der Waals surface area contributed by atoms with Crippen LogP contribution in [0.3, 0.4) is 0 Å². The van der Waals surface area contributed by atoms with E-state index in [2.05, 4.69) is 0 Å². The van der Waals surface area contributed by atoms with Crippen LogP contribution >= 0.6 is 11.8 Å². The van der Waals surface area contributed by atoms with Crippen molar-refractivity contribution < 1.29 is 28.9 Å². The Morgan fingerprint density at radius 1 is 0.943 bits per heavy atom. The molecule has 1 aliphatic heterocycles. The highest BCUT2D eigenvalue weighted by atomic mass is 32.2. The molecule has 182 valence electrons. The molecule has 0 bridgehead atoms. The largest absolute Gasteiger partial charge is 0.497 e. The molecule has 1 aliphatic rings. The maximum atomic E-state index is 13.3. The summed E-state index contributed by atoms with van der Waals surface area (Å²) in [7, 11) is 3.14. The molecule has 1 heterocycles. The monoisotopic (exact) mass is 493 g/mol. The number of carboxylic acid groups (broad SMARTS) is 1. The van der Waals surface area contributed by atoms with Crippen molar-refractivity contribution in [3.63, 3.8) is 0 Å². The molecule has 1 fully saturated rings. The van der Waals surface area contributed by atoms with E-state index in [4.69, 9.17) is 14.2 Å². The van der Waals surface area contributed by atoms with Gasteiger partial charge in [0, 0.05) is 5.75 Å². The molecular weight excluding hydrogens is 466 g/mol. The van der Waals surface area contributed by atoms with Gasteiger partial charge in [-0.25, -0.2) is 4.79 Å². The number of methoxy groups -OCH3 is 2. The Hall–Kier alpha value is -3.65. The van der Waals surface area contributed by atoms with Crippen molar-refractivity contribution in [2.45, 2.75) is 24.4 Å². The number of nitrogens with zero attached hydrogens (tertiary/aromatic N) is 1. The predicted molar refractivity (Wildman–Crippen MR) is 134 cm³/mol. The molecule has 35 heavy (non-hydrogen) atoms. The van der Waals surface area contributed by atoms with Crippen molar-refractivity contribution in [1.29, 1.82) is 0 Å². The Kier molecular flexibility index (Phi) is 7.82. The Morgan fingerprint density at radius 3 is 2.34 bits per heavy atom. The molecule has 0 radical (unpaired) electrons. The highest BCUT2D eigenvalue weighted by Crippen LogP contribution is 2.44. The topological polar surface area (TPSA) is 85.3 Å². The van der Waals surface area contributed by atoms with Crippen molar-refractivity contribution in [3.05, 3.63) is 89.5 Å². The van der Waals surface area contributed by atoms with Crippen LogP contribution in [0.2, 0.25) is 0 Å². The zero-order valence-corrected chi connectivity index (χ0v) is 20.4. The normalized spacial score (nSPS) is 17.1. The fraction of sp³-hybridized carbons (Fsp3) is 0.259. The third-order valence-electron chi connectivity index (χ3n) is 5.80. The van der Waals surface area contributed by atoms with Crippen LogP contribution in [0.25, 0.3) is 0 Å². The third-order valence-corrected chi connectivity index (χ3v) is 7.12. The number of benzene rings is 3. The lowest BCUT2D eigenvalue weighted by atomic mass is 10.1. The van der Waals surface area contributed by atoms with Gasteiger partial charge in [0.05, 0.1) is 20.6 Å². The van der Waals surface area contributed by atoms with Gasteiger partial charge in [-0.05, 0) is 41.0 Å². The fourth-order valence-electron chi connectivity index (χ4n) is 3.96. The molecule has 1 amide bonds. The van der Waals surface area contributed by atoms with Crippen LogP contribution < -0.4 is 14.2 Å². The predicted octanol–water partition coefficient (Wildman–Crippen LogP) is 4.55. The number of hydrogen-bond acceptors (Lipinski definition) is 6. The standard InChI is InChI=1S/C27H27NO6S/c1-32-21-11-8-18(9-12-21)14-25(29)28-22(27(30)31)17-35-26(28)20-10-13-23(24(15-20)33-2)34-16-19-6-4-3-5-7-19/h3-13,15,22,26H,14,16-17H2,1-2H3,(H,30,31). The van der Waals surface area contributed by atoms with E-state index in [0.717, 1.165) is 16.7 Å². The van der Waals surface area contributed by atoms with Gasteiger partial charge >= 0.3 is 5.97 Å². The smallest absolute Gasteiger partial charge is 0.327 e. The second kappa shape index (κ2) is 11.2. The minimum atomic E-state index is -1.02. The summed E-state index contributed by atoms with van der Waals surface area (Å²) in [6.45, 7) is 0.391. The molecule has 1 saturated heterocycles. The van der Waals surface area contributed by atoms with Crippen molar-refractivity contribution in [2.24, 2.45) is 0 Å². The molecule has 8 heteroatoms. The Bertz CT molecular complexity index is 1170. The second-order valence-corrected chi connectivity index (χ2v) is 9.16. The molecule has 3 aromatic rings. The summed E-state index contributed by atoms with van der Waals surface area (Å²) in [4.78, 5) is 26.7. The number of carbonyl (C=O) groups is 2. The van der Waals surface area contributed by atoms with E-state index in [1.807, 2.05) is 54.6 Å². The zero-order valence-electron chi connectivity index (χ0n) is 19.5. The van der Waals surface area contributed by atoms with E-state index in [0.29, 0.717) is 29.6 Å². The van der Waals surface area contributed by atoms with Crippen LogP contribution in [0.1, 0.15) is 22.1 Å². The summed E-state index contributed by atoms with van der Waals surface area (Å²) in [5.74, 6) is 0.845. The zero-order chi connectivity index (χ0) is 24.8. The summed E-state index contributed by atoms with van der Waals surface area (Å²) >= 11 is 1.43. The van der Waals surface area contributed by atoms with Gasteiger partial charge in [0.15, 0.2) is 11.5 Å². The molecule has 0 aromatic heterocycles. The molecule has 1 N–H and O–H groups in total. The summed E-state index contributed by atoms with van der Waals surface area (Å²) in [6.07, 6.45) is 0.0975. The van der Waals surface area contributed by atoms with Gasteiger partial charge in [0.1, 0.15) is 23.8 Å². The second-order valence-electron chi connectivity index (χ2n) is 8.05. The van der Waals surface area contributed by atoms with Crippen LogP contribution in [0.5, 0.6) is 17.2 Å². The Labute approximate surface area is 208 Å². The first-order valence-corrected chi connectivity index (χ1v) is 12.2. The molecule has 7 nitrogen and oxygen atoms in total. The minimum Gasteiger partial charge on any atom is -0.497 e. The van der Waals surface area contributed by atoms with Crippen LogP contribution in [0.15, 0.2) is 72.8 Å². The number of ether oxygens (including phenoxy) is 3. The lowest BCUT2D eigenvalue weighted by molar-refractivity contribution is -0.148. The lowest BCUT2D eigenvalue weighted by Gasteiger charge is -2.28. The maximum absolute atomic E-state index is 13.3. The summed E-state index contributed by atoms with van der Waals surface area (Å²) in [6, 6.07) is 21.6. The van der Waals surface area contributed by atoms with Gasteiger partial charge in [-0.1, -0.05) is 48.5 Å². The Morgan fingerprint density at radius 2 is 1.69 bits per heavy atom. The lowest BCUT2D eigenvalue weighted by Crippen LogP contribution is -2.43. The van der Waals surface area contributed by atoms with Crippen LogP contribution in [0.4, 0.5) is 0 Å². The maximum Gasteiger partial charge on any atom is 0.327 e. The first-order valence-electron chi connectivity index (χ1n) is 11.1. The summed E-state index contributed by atoms with van der Waals surface area (Å²) < 4.78 is 16.7. The van der Waals surface area contributed by atoms with Gasteiger partial charge in [-0.3, -0.25) is 4.79 Å². The van der Waals surface area contributed by atoms with E-state index in [-0.39, 0.29) is 12.3 Å². The molecule has 0 aliphatic carbocycles. The van der Waals surface area contributed by atoms with E-state index < -0.39 is 17.4 Å². The van der Waals surface area contributed by atoms with Crippen LogP contribution in [-0.2, 0) is 22.6 Å². The van der Waals surface area contributed by atoms with Gasteiger partial charge < -0.3 is 24.2 Å². The number of rotatable bonds is 9. The molecule has 3 aromatic carbocycles. The van der Waals surface area contributed by atoms with Crippen molar-refractivity contribution in [2.75, 3.05) is 20.0 Å². The van der Waals surface area contributed by atoms with Gasteiger partial charge in [-0.15, -0.1) is 11.8 Å². The van der Waals surface area contributed by atoms with Crippen LogP contribution in [0, 0.1) is 0 Å². The molecule has 2 unspecified atom stereocenters. The summed E-state index contributed by atoms with van der Waals surface area (Å²) in [5.41, 5.74) is 2.60. The molecule has 0 saturated carbocycles. The molecule has 2 atom stereocenters. The molecule has 0 spiro atoms. The van der Waals surface area contributed by atoms with Gasteiger partial charge in [-0.2, -0.15) is 0 Å². The van der Waals surface area contributed by atoms with E-state index in [1.165, 1.54) is 16.7 Å². The quantitative estimate of drug-likeness (QED) is 0.468. The van der Waals surface area contributed by atoms with Crippen molar-refractivity contribution in [1.82, 2.24) is 4.90 Å².